The van der Waals surface area contributed by atoms with Crippen molar-refractivity contribution in [2.75, 3.05) is 17.7 Å². The molecule has 2 aromatic rings. The largest absolute Gasteiger partial charge is 0.491 e. The van der Waals surface area contributed by atoms with Gasteiger partial charge in [-0.3, -0.25) is 4.79 Å². The van der Waals surface area contributed by atoms with Gasteiger partial charge in [0.2, 0.25) is 5.91 Å². The fourth-order valence-corrected chi connectivity index (χ4v) is 1.68. The highest BCUT2D eigenvalue weighted by Gasteiger charge is 2.05. The number of carbonyl (C=O) groups excluding carboxylic acids is 1. The van der Waals surface area contributed by atoms with Crippen LogP contribution in [0.2, 0.25) is 0 Å². The molecule has 0 unspecified atom stereocenters. The minimum absolute atomic E-state index is 0.141. The summed E-state index contributed by atoms with van der Waals surface area (Å²) in [6.07, 6.45) is 1.90. The van der Waals surface area contributed by atoms with Crippen LogP contribution in [0.5, 0.6) is 5.75 Å². The summed E-state index contributed by atoms with van der Waals surface area (Å²) >= 11 is 0. The first kappa shape index (κ1) is 13.9. The molecule has 1 heterocycles. The summed E-state index contributed by atoms with van der Waals surface area (Å²) < 4.78 is 5.46. The Morgan fingerprint density at radius 1 is 1.35 bits per heavy atom. The number of hydrogen-bond donors (Lipinski definition) is 2. The highest BCUT2D eigenvalue weighted by molar-refractivity contribution is 5.89. The van der Waals surface area contributed by atoms with Crippen LogP contribution in [0, 0.1) is 6.92 Å². The quantitative estimate of drug-likeness (QED) is 0.818. The van der Waals surface area contributed by atoms with Crippen LogP contribution in [0.25, 0.3) is 0 Å². The Hall–Kier alpha value is -2.56. The first-order valence-electron chi connectivity index (χ1n) is 6.35. The van der Waals surface area contributed by atoms with Crippen molar-refractivity contribution in [3.8, 4) is 5.75 Å². The van der Waals surface area contributed by atoms with E-state index in [-0.39, 0.29) is 18.9 Å². The van der Waals surface area contributed by atoms with E-state index in [1.165, 1.54) is 0 Å². The van der Waals surface area contributed by atoms with E-state index in [9.17, 15) is 4.79 Å². The van der Waals surface area contributed by atoms with E-state index in [4.69, 9.17) is 10.5 Å². The number of nitrogens with two attached hydrogens (primary N) is 1. The molecule has 0 aliphatic rings. The molecule has 5 heteroatoms. The van der Waals surface area contributed by atoms with Crippen molar-refractivity contribution in [3.05, 3.63) is 48.2 Å². The molecule has 5 nitrogen and oxygen atoms in total. The minimum atomic E-state index is -0.141. The van der Waals surface area contributed by atoms with Gasteiger partial charge in [-0.2, -0.15) is 0 Å². The second-order valence-electron chi connectivity index (χ2n) is 4.40. The standard InChI is InChI=1S/C15H17N3O2/c1-11-6-8-17-14(10-11)18-15(19)7-9-20-13-5-3-2-4-12(13)16/h2-6,8,10H,7,9,16H2,1H3,(H,17,18,19). The number of para-hydroxylation sites is 2. The average Bonchev–Trinajstić information content (AvgIpc) is 2.41. The Kier molecular flexibility index (Phi) is 4.55. The third kappa shape index (κ3) is 3.98. The van der Waals surface area contributed by atoms with Crippen LogP contribution in [-0.4, -0.2) is 17.5 Å². The lowest BCUT2D eigenvalue weighted by Gasteiger charge is -2.08. The maximum Gasteiger partial charge on any atom is 0.228 e. The van der Waals surface area contributed by atoms with E-state index in [1.807, 2.05) is 31.2 Å². The van der Waals surface area contributed by atoms with Crippen molar-refractivity contribution in [3.63, 3.8) is 0 Å². The number of benzene rings is 1. The summed E-state index contributed by atoms with van der Waals surface area (Å²) in [5.74, 6) is 1.00. The number of ether oxygens (including phenoxy) is 1. The molecule has 0 saturated heterocycles. The third-order valence-electron chi connectivity index (χ3n) is 2.69. The molecular formula is C15H17N3O2. The number of pyridine rings is 1. The Bertz CT molecular complexity index is 599. The summed E-state index contributed by atoms with van der Waals surface area (Å²) in [6, 6.07) is 10.9. The molecule has 1 aromatic carbocycles. The van der Waals surface area contributed by atoms with Gasteiger partial charge in [-0.05, 0) is 36.8 Å². The second-order valence-corrected chi connectivity index (χ2v) is 4.40. The van der Waals surface area contributed by atoms with Gasteiger partial charge in [0.05, 0.1) is 18.7 Å². The number of carbonyl (C=O) groups is 1. The SMILES string of the molecule is Cc1ccnc(NC(=O)CCOc2ccccc2N)c1. The molecule has 2 rings (SSSR count). The van der Waals surface area contributed by atoms with E-state index in [0.717, 1.165) is 5.56 Å². The molecule has 104 valence electrons. The highest BCUT2D eigenvalue weighted by Crippen LogP contribution is 2.19. The summed E-state index contributed by atoms with van der Waals surface area (Å²) in [6.45, 7) is 2.21. The molecule has 0 fully saturated rings. The monoisotopic (exact) mass is 271 g/mol. The van der Waals surface area contributed by atoms with E-state index in [0.29, 0.717) is 17.3 Å². The summed E-state index contributed by atoms with van der Waals surface area (Å²) in [5, 5.41) is 2.72. The Balaban J connectivity index is 1.80. The molecule has 0 aliphatic heterocycles. The predicted molar refractivity (Wildman–Crippen MR) is 78.6 cm³/mol. The first-order chi connectivity index (χ1) is 9.65. The zero-order valence-corrected chi connectivity index (χ0v) is 11.3. The van der Waals surface area contributed by atoms with Gasteiger partial charge in [0.25, 0.3) is 0 Å². The van der Waals surface area contributed by atoms with E-state index in [2.05, 4.69) is 10.3 Å². The number of anilines is 2. The van der Waals surface area contributed by atoms with Gasteiger partial charge < -0.3 is 15.8 Å². The topological polar surface area (TPSA) is 77.2 Å². The molecule has 0 saturated carbocycles. The molecule has 20 heavy (non-hydrogen) atoms. The van der Waals surface area contributed by atoms with E-state index in [1.54, 1.807) is 18.3 Å². The number of rotatable bonds is 5. The van der Waals surface area contributed by atoms with Gasteiger partial charge >= 0.3 is 0 Å². The lowest BCUT2D eigenvalue weighted by Crippen LogP contribution is -2.16. The molecule has 1 aromatic heterocycles. The number of hydrogen-bond acceptors (Lipinski definition) is 4. The van der Waals surface area contributed by atoms with Gasteiger partial charge in [-0.1, -0.05) is 12.1 Å². The summed E-state index contributed by atoms with van der Waals surface area (Å²) in [7, 11) is 0. The highest BCUT2D eigenvalue weighted by atomic mass is 16.5. The van der Waals surface area contributed by atoms with Crippen LogP contribution >= 0.6 is 0 Å². The van der Waals surface area contributed by atoms with Crippen molar-refractivity contribution in [1.29, 1.82) is 0 Å². The van der Waals surface area contributed by atoms with Crippen molar-refractivity contribution < 1.29 is 9.53 Å². The van der Waals surface area contributed by atoms with Crippen LogP contribution in [-0.2, 0) is 4.79 Å². The number of nitrogens with zero attached hydrogens (tertiary/aromatic N) is 1. The van der Waals surface area contributed by atoms with Crippen LogP contribution in [0.4, 0.5) is 11.5 Å². The number of nitrogens with one attached hydrogen (secondary N) is 1. The lowest BCUT2D eigenvalue weighted by molar-refractivity contribution is -0.116. The first-order valence-corrected chi connectivity index (χ1v) is 6.35. The smallest absolute Gasteiger partial charge is 0.228 e. The molecule has 0 atom stereocenters. The molecule has 0 radical (unpaired) electrons. The Labute approximate surface area is 117 Å². The van der Waals surface area contributed by atoms with Gasteiger partial charge in [0.15, 0.2) is 0 Å². The molecule has 1 amide bonds. The van der Waals surface area contributed by atoms with E-state index >= 15 is 0 Å². The van der Waals surface area contributed by atoms with Gasteiger partial charge in [-0.15, -0.1) is 0 Å². The lowest BCUT2D eigenvalue weighted by atomic mass is 10.3. The molecule has 0 bridgehead atoms. The summed E-state index contributed by atoms with van der Waals surface area (Å²) in [4.78, 5) is 15.8. The predicted octanol–water partition coefficient (Wildman–Crippen LogP) is 2.38. The number of nitrogen functional groups attached to an aromatic ring is 1. The number of amides is 1. The maximum atomic E-state index is 11.7. The van der Waals surface area contributed by atoms with Gasteiger partial charge in [-0.25, -0.2) is 4.98 Å². The molecular weight excluding hydrogens is 254 g/mol. The maximum absolute atomic E-state index is 11.7. The number of aryl methyl sites for hydroxylation is 1. The van der Waals surface area contributed by atoms with Crippen LogP contribution in [0.3, 0.4) is 0 Å². The van der Waals surface area contributed by atoms with Crippen molar-refractivity contribution in [2.24, 2.45) is 0 Å². The van der Waals surface area contributed by atoms with Crippen LogP contribution < -0.4 is 15.8 Å². The average molecular weight is 271 g/mol. The van der Waals surface area contributed by atoms with Crippen molar-refractivity contribution in [2.45, 2.75) is 13.3 Å². The molecule has 0 aliphatic carbocycles. The molecule has 3 N–H and O–H groups in total. The van der Waals surface area contributed by atoms with Gasteiger partial charge in [0, 0.05) is 6.20 Å². The van der Waals surface area contributed by atoms with Crippen LogP contribution in [0.15, 0.2) is 42.6 Å². The fourth-order valence-electron chi connectivity index (χ4n) is 1.68. The Morgan fingerprint density at radius 2 is 2.15 bits per heavy atom. The zero-order valence-electron chi connectivity index (χ0n) is 11.3. The Morgan fingerprint density at radius 3 is 2.90 bits per heavy atom. The fraction of sp³-hybridized carbons (Fsp3) is 0.200. The number of aromatic nitrogens is 1. The molecule has 0 spiro atoms. The third-order valence-corrected chi connectivity index (χ3v) is 2.69. The van der Waals surface area contributed by atoms with Crippen molar-refractivity contribution in [1.82, 2.24) is 4.98 Å². The normalized spacial score (nSPS) is 10.1. The summed E-state index contributed by atoms with van der Waals surface area (Å²) in [5.41, 5.74) is 7.35. The van der Waals surface area contributed by atoms with E-state index < -0.39 is 0 Å². The zero-order chi connectivity index (χ0) is 14.4. The van der Waals surface area contributed by atoms with Crippen molar-refractivity contribution >= 4 is 17.4 Å². The van der Waals surface area contributed by atoms with Gasteiger partial charge in [0.1, 0.15) is 11.6 Å². The van der Waals surface area contributed by atoms with Crippen LogP contribution in [0.1, 0.15) is 12.0 Å². The second kappa shape index (κ2) is 6.56. The minimum Gasteiger partial charge on any atom is -0.491 e.